The number of carbonyl (C=O) groups is 1. The first-order valence-electron chi connectivity index (χ1n) is 5.15. The molecule has 0 bridgehead atoms. The molecule has 0 spiro atoms. The van der Waals surface area contributed by atoms with E-state index in [2.05, 4.69) is 4.98 Å². The van der Waals surface area contributed by atoms with Crippen molar-refractivity contribution in [3.8, 4) is 10.6 Å². The van der Waals surface area contributed by atoms with Gasteiger partial charge in [0.1, 0.15) is 10.7 Å². The third kappa shape index (κ3) is 2.69. The molecule has 1 aromatic carbocycles. The van der Waals surface area contributed by atoms with Gasteiger partial charge in [-0.05, 0) is 12.1 Å². The lowest BCUT2D eigenvalue weighted by Crippen LogP contribution is -2.25. The van der Waals surface area contributed by atoms with Gasteiger partial charge in [-0.1, -0.05) is 23.7 Å². The lowest BCUT2D eigenvalue weighted by Gasteiger charge is -2.11. The smallest absolute Gasteiger partial charge is 0.274 e. The molecule has 94 valence electrons. The van der Waals surface area contributed by atoms with Crippen molar-refractivity contribution in [2.75, 3.05) is 14.2 Å². The lowest BCUT2D eigenvalue weighted by molar-refractivity contribution is -0.0760. The molecular weight excluding hydrogens is 272 g/mol. The van der Waals surface area contributed by atoms with Gasteiger partial charge >= 0.3 is 0 Å². The second-order valence-corrected chi connectivity index (χ2v) is 4.83. The van der Waals surface area contributed by atoms with Crippen LogP contribution in [0.1, 0.15) is 10.5 Å². The van der Waals surface area contributed by atoms with Crippen molar-refractivity contribution in [1.29, 1.82) is 0 Å². The average Bonchev–Trinajstić information content (AvgIpc) is 2.86. The van der Waals surface area contributed by atoms with Crippen molar-refractivity contribution in [3.63, 3.8) is 0 Å². The van der Waals surface area contributed by atoms with Gasteiger partial charge in [0.2, 0.25) is 0 Å². The Labute approximate surface area is 114 Å². The second kappa shape index (κ2) is 5.48. The molecule has 1 heterocycles. The summed E-state index contributed by atoms with van der Waals surface area (Å²) < 4.78 is 0. The van der Waals surface area contributed by atoms with E-state index < -0.39 is 0 Å². The van der Waals surface area contributed by atoms with E-state index in [0.29, 0.717) is 10.7 Å². The van der Waals surface area contributed by atoms with Crippen molar-refractivity contribution in [1.82, 2.24) is 10.0 Å². The molecule has 0 atom stereocenters. The summed E-state index contributed by atoms with van der Waals surface area (Å²) in [4.78, 5) is 20.9. The van der Waals surface area contributed by atoms with Crippen molar-refractivity contribution < 1.29 is 9.63 Å². The third-order valence-electron chi connectivity index (χ3n) is 2.35. The van der Waals surface area contributed by atoms with Crippen LogP contribution in [0.4, 0.5) is 0 Å². The van der Waals surface area contributed by atoms with Gasteiger partial charge in [-0.25, -0.2) is 10.0 Å². The highest BCUT2D eigenvalue weighted by atomic mass is 35.5. The standard InChI is InChI=1S/C12H11ClN2O2S/c1-15(17-2)12(16)10-7-18-11(14-10)8-4-3-5-9(13)6-8/h3-7H,1-2H3. The fraction of sp³-hybridized carbons (Fsp3) is 0.167. The van der Waals surface area contributed by atoms with E-state index >= 15 is 0 Å². The largest absolute Gasteiger partial charge is 0.296 e. The molecule has 2 rings (SSSR count). The number of carbonyl (C=O) groups excluding carboxylic acids is 1. The van der Waals surface area contributed by atoms with Crippen molar-refractivity contribution in [3.05, 3.63) is 40.4 Å². The zero-order valence-electron chi connectivity index (χ0n) is 9.88. The summed E-state index contributed by atoms with van der Waals surface area (Å²) in [5, 5.41) is 4.24. The normalized spacial score (nSPS) is 10.4. The molecule has 0 saturated carbocycles. The van der Waals surface area contributed by atoms with E-state index in [1.807, 2.05) is 18.2 Å². The van der Waals surface area contributed by atoms with Crippen LogP contribution in [-0.4, -0.2) is 30.1 Å². The molecule has 2 aromatic rings. The van der Waals surface area contributed by atoms with E-state index in [4.69, 9.17) is 16.4 Å². The highest BCUT2D eigenvalue weighted by molar-refractivity contribution is 7.13. The monoisotopic (exact) mass is 282 g/mol. The number of hydroxylamine groups is 2. The van der Waals surface area contributed by atoms with E-state index in [0.717, 1.165) is 15.6 Å². The minimum Gasteiger partial charge on any atom is -0.274 e. The van der Waals surface area contributed by atoms with Gasteiger partial charge in [-0.3, -0.25) is 9.63 Å². The molecule has 0 N–H and O–H groups in total. The van der Waals surface area contributed by atoms with Crippen molar-refractivity contribution in [2.24, 2.45) is 0 Å². The van der Waals surface area contributed by atoms with Crippen molar-refractivity contribution >= 4 is 28.8 Å². The van der Waals surface area contributed by atoms with Crippen LogP contribution >= 0.6 is 22.9 Å². The van der Waals surface area contributed by atoms with Crippen LogP contribution in [0.2, 0.25) is 5.02 Å². The molecule has 0 saturated heterocycles. The van der Waals surface area contributed by atoms with Gasteiger partial charge in [0.05, 0.1) is 7.11 Å². The van der Waals surface area contributed by atoms with Gasteiger partial charge in [-0.2, -0.15) is 0 Å². The molecule has 0 aliphatic heterocycles. The van der Waals surface area contributed by atoms with Crippen molar-refractivity contribution in [2.45, 2.75) is 0 Å². The van der Waals surface area contributed by atoms with Gasteiger partial charge in [0.15, 0.2) is 0 Å². The molecule has 0 fully saturated rings. The van der Waals surface area contributed by atoms with E-state index in [1.165, 1.54) is 18.4 Å². The Morgan fingerprint density at radius 1 is 1.50 bits per heavy atom. The minimum atomic E-state index is -0.276. The van der Waals surface area contributed by atoms with Crippen LogP contribution in [0.3, 0.4) is 0 Å². The van der Waals surface area contributed by atoms with E-state index in [1.54, 1.807) is 18.5 Å². The Morgan fingerprint density at radius 3 is 2.94 bits per heavy atom. The summed E-state index contributed by atoms with van der Waals surface area (Å²) in [5.41, 5.74) is 1.26. The topological polar surface area (TPSA) is 42.4 Å². The van der Waals surface area contributed by atoms with Gasteiger partial charge in [0.25, 0.3) is 5.91 Å². The fourth-order valence-electron chi connectivity index (χ4n) is 1.37. The predicted molar refractivity (Wildman–Crippen MR) is 71.7 cm³/mol. The Morgan fingerprint density at radius 2 is 2.28 bits per heavy atom. The number of thiazole rings is 1. The first-order valence-corrected chi connectivity index (χ1v) is 6.41. The van der Waals surface area contributed by atoms with Gasteiger partial charge in [0, 0.05) is 23.0 Å². The van der Waals surface area contributed by atoms with Crippen LogP contribution in [-0.2, 0) is 4.84 Å². The Balaban J connectivity index is 2.28. The van der Waals surface area contributed by atoms with Crippen LogP contribution in [0.15, 0.2) is 29.6 Å². The zero-order valence-corrected chi connectivity index (χ0v) is 11.5. The summed E-state index contributed by atoms with van der Waals surface area (Å²) in [5.74, 6) is -0.276. The van der Waals surface area contributed by atoms with Crippen LogP contribution in [0.25, 0.3) is 10.6 Å². The first-order chi connectivity index (χ1) is 8.61. The molecule has 1 amide bonds. The van der Waals surface area contributed by atoms with Gasteiger partial charge < -0.3 is 0 Å². The minimum absolute atomic E-state index is 0.276. The molecular formula is C12H11ClN2O2S. The number of amides is 1. The molecule has 0 radical (unpaired) electrons. The molecule has 0 unspecified atom stereocenters. The maximum absolute atomic E-state index is 11.8. The quantitative estimate of drug-likeness (QED) is 0.813. The summed E-state index contributed by atoms with van der Waals surface area (Å²) >= 11 is 7.31. The predicted octanol–water partition coefficient (Wildman–Crippen LogP) is 3.10. The molecule has 6 heteroatoms. The number of benzene rings is 1. The maximum Gasteiger partial charge on any atom is 0.296 e. The Hall–Kier alpha value is -1.43. The number of hydrogen-bond acceptors (Lipinski definition) is 4. The summed E-state index contributed by atoms with van der Waals surface area (Å²) in [6.07, 6.45) is 0. The summed E-state index contributed by atoms with van der Waals surface area (Å²) in [6.45, 7) is 0. The lowest BCUT2D eigenvalue weighted by atomic mass is 10.2. The van der Waals surface area contributed by atoms with Gasteiger partial charge in [-0.15, -0.1) is 11.3 Å². The zero-order chi connectivity index (χ0) is 13.1. The summed E-state index contributed by atoms with van der Waals surface area (Å²) in [7, 11) is 2.98. The molecule has 0 aliphatic rings. The third-order valence-corrected chi connectivity index (χ3v) is 3.48. The first kappa shape index (κ1) is 13.0. The SMILES string of the molecule is CON(C)C(=O)c1csc(-c2cccc(Cl)c2)n1. The second-order valence-electron chi connectivity index (χ2n) is 3.53. The molecule has 18 heavy (non-hydrogen) atoms. The number of aromatic nitrogens is 1. The van der Waals surface area contributed by atoms with Crippen LogP contribution in [0.5, 0.6) is 0 Å². The number of nitrogens with zero attached hydrogens (tertiary/aromatic N) is 2. The number of rotatable bonds is 3. The van der Waals surface area contributed by atoms with E-state index in [-0.39, 0.29) is 5.91 Å². The highest BCUT2D eigenvalue weighted by Gasteiger charge is 2.15. The fourth-order valence-corrected chi connectivity index (χ4v) is 2.35. The average molecular weight is 283 g/mol. The number of hydrogen-bond donors (Lipinski definition) is 0. The molecule has 0 aliphatic carbocycles. The Bertz CT molecular complexity index is 571. The summed E-state index contributed by atoms with van der Waals surface area (Å²) in [6, 6.07) is 7.36. The molecule has 1 aromatic heterocycles. The number of halogens is 1. The highest BCUT2D eigenvalue weighted by Crippen LogP contribution is 2.26. The van der Waals surface area contributed by atoms with Crippen LogP contribution < -0.4 is 0 Å². The Kier molecular flexibility index (Phi) is 3.96. The molecule has 4 nitrogen and oxygen atoms in total. The maximum atomic E-state index is 11.8. The van der Waals surface area contributed by atoms with Crippen LogP contribution in [0, 0.1) is 0 Å². The van der Waals surface area contributed by atoms with E-state index in [9.17, 15) is 4.79 Å².